The molecule has 1 atom stereocenters. The highest BCUT2D eigenvalue weighted by Crippen LogP contribution is 2.36. The van der Waals surface area contributed by atoms with Gasteiger partial charge in [0.2, 0.25) is 0 Å². The van der Waals surface area contributed by atoms with Crippen LogP contribution in [-0.4, -0.2) is 39.8 Å². The maximum atomic E-state index is 6.04. The zero-order valence-corrected chi connectivity index (χ0v) is 13.8. The van der Waals surface area contributed by atoms with Crippen molar-refractivity contribution in [1.29, 1.82) is 0 Å². The second-order valence-corrected chi connectivity index (χ2v) is 7.79. The van der Waals surface area contributed by atoms with Crippen molar-refractivity contribution in [3.63, 3.8) is 0 Å². The first-order valence-corrected chi connectivity index (χ1v) is 7.64. The summed E-state index contributed by atoms with van der Waals surface area (Å²) in [6, 6.07) is 0. The van der Waals surface area contributed by atoms with Crippen LogP contribution in [0.1, 0.15) is 48.0 Å². The summed E-state index contributed by atoms with van der Waals surface area (Å²) in [6.07, 6.45) is 5.15. The Kier molecular flexibility index (Phi) is 3.28. The molecule has 2 aliphatic heterocycles. The lowest BCUT2D eigenvalue weighted by atomic mass is 9.82. The van der Waals surface area contributed by atoms with E-state index >= 15 is 0 Å². The predicted octanol–water partition coefficient (Wildman–Crippen LogP) is 1.75. The van der Waals surface area contributed by atoms with Gasteiger partial charge in [0.15, 0.2) is 0 Å². The van der Waals surface area contributed by atoms with Crippen molar-refractivity contribution in [2.75, 3.05) is 0 Å². The van der Waals surface area contributed by atoms with Gasteiger partial charge in [0.05, 0.1) is 29.5 Å². The minimum atomic E-state index is -0.345. The van der Waals surface area contributed by atoms with Gasteiger partial charge in [0.25, 0.3) is 0 Å². The zero-order chi connectivity index (χ0) is 15.5. The minimum absolute atomic E-state index is 0.0202. The van der Waals surface area contributed by atoms with Gasteiger partial charge in [-0.05, 0) is 41.5 Å². The molecule has 21 heavy (non-hydrogen) atoms. The van der Waals surface area contributed by atoms with E-state index in [1.165, 1.54) is 0 Å². The number of hydrogen-bond acceptors (Lipinski definition) is 4. The molecule has 0 spiro atoms. The van der Waals surface area contributed by atoms with Gasteiger partial charge in [-0.1, -0.05) is 0 Å². The molecule has 3 heterocycles. The summed E-state index contributed by atoms with van der Waals surface area (Å²) in [6.45, 7) is 13.2. The Labute approximate surface area is 127 Å². The van der Waals surface area contributed by atoms with Crippen molar-refractivity contribution in [3.05, 3.63) is 12.4 Å². The average Bonchev–Trinajstić information content (AvgIpc) is 2.80. The van der Waals surface area contributed by atoms with Crippen LogP contribution in [0.15, 0.2) is 12.4 Å². The Hall–Kier alpha value is -0.845. The van der Waals surface area contributed by atoms with Crippen molar-refractivity contribution >= 4 is 12.6 Å². The van der Waals surface area contributed by atoms with E-state index in [1.54, 1.807) is 0 Å². The molecule has 0 radical (unpaired) electrons. The SMILES string of the molecule is CC1(C)CC(Cn2cc(B3OC(C)(C)C(C)(C)O3)cn2)O1. The van der Waals surface area contributed by atoms with Gasteiger partial charge >= 0.3 is 7.12 Å². The quantitative estimate of drug-likeness (QED) is 0.796. The van der Waals surface area contributed by atoms with E-state index in [4.69, 9.17) is 14.0 Å². The number of rotatable bonds is 3. The molecule has 116 valence electrons. The Morgan fingerprint density at radius 3 is 2.29 bits per heavy atom. The molecule has 0 bridgehead atoms. The standard InChI is InChI=1S/C15H25BN2O3/c1-13(2)7-12(19-13)10-18-9-11(8-17-18)16-20-14(3,4)15(5,6)21-16/h8-9,12H,7,10H2,1-6H3. The first-order chi connectivity index (χ1) is 9.58. The highest BCUT2D eigenvalue weighted by Gasteiger charge is 2.52. The fourth-order valence-electron chi connectivity index (χ4n) is 2.88. The lowest BCUT2D eigenvalue weighted by molar-refractivity contribution is -0.189. The molecular weight excluding hydrogens is 267 g/mol. The van der Waals surface area contributed by atoms with Crippen molar-refractivity contribution in [2.45, 2.75) is 77.4 Å². The second kappa shape index (κ2) is 4.57. The van der Waals surface area contributed by atoms with E-state index < -0.39 is 0 Å². The van der Waals surface area contributed by atoms with E-state index in [2.05, 4.69) is 46.6 Å². The van der Waals surface area contributed by atoms with Crippen molar-refractivity contribution in [1.82, 2.24) is 9.78 Å². The topological polar surface area (TPSA) is 45.5 Å². The third kappa shape index (κ3) is 2.76. The molecule has 0 aromatic carbocycles. The summed E-state index contributed by atoms with van der Waals surface area (Å²) in [7, 11) is -0.345. The van der Waals surface area contributed by atoms with Crippen LogP contribution in [0.4, 0.5) is 0 Å². The molecule has 0 N–H and O–H groups in total. The summed E-state index contributed by atoms with van der Waals surface area (Å²) < 4.78 is 19.8. The number of nitrogens with zero attached hydrogens (tertiary/aromatic N) is 2. The Morgan fingerprint density at radius 1 is 1.19 bits per heavy atom. The van der Waals surface area contributed by atoms with E-state index in [-0.39, 0.29) is 30.0 Å². The fourth-order valence-corrected chi connectivity index (χ4v) is 2.88. The molecule has 0 aliphatic carbocycles. The van der Waals surface area contributed by atoms with Crippen molar-refractivity contribution in [3.8, 4) is 0 Å². The lowest BCUT2D eigenvalue weighted by Crippen LogP contribution is -2.47. The van der Waals surface area contributed by atoms with Crippen LogP contribution in [0.3, 0.4) is 0 Å². The molecule has 2 saturated heterocycles. The van der Waals surface area contributed by atoms with Crippen LogP contribution in [-0.2, 0) is 20.6 Å². The third-order valence-electron chi connectivity index (χ3n) is 4.77. The normalized spacial score (nSPS) is 29.4. The Morgan fingerprint density at radius 2 is 1.76 bits per heavy atom. The largest absolute Gasteiger partial charge is 0.498 e. The molecule has 1 unspecified atom stereocenters. The summed E-state index contributed by atoms with van der Waals surface area (Å²) in [5.41, 5.74) is 0.348. The average molecular weight is 292 g/mol. The lowest BCUT2D eigenvalue weighted by Gasteiger charge is -2.42. The predicted molar refractivity (Wildman–Crippen MR) is 81.5 cm³/mol. The molecular formula is C15H25BN2O3. The maximum Gasteiger partial charge on any atom is 0.498 e. The van der Waals surface area contributed by atoms with Crippen molar-refractivity contribution in [2.24, 2.45) is 0 Å². The minimum Gasteiger partial charge on any atom is -0.399 e. The highest BCUT2D eigenvalue weighted by molar-refractivity contribution is 6.61. The van der Waals surface area contributed by atoms with Crippen LogP contribution < -0.4 is 5.46 Å². The van der Waals surface area contributed by atoms with Crippen LogP contribution in [0.25, 0.3) is 0 Å². The second-order valence-electron chi connectivity index (χ2n) is 7.79. The number of hydrogen-bond donors (Lipinski definition) is 0. The highest BCUT2D eigenvalue weighted by atomic mass is 16.7. The molecule has 3 rings (SSSR count). The van der Waals surface area contributed by atoms with E-state index in [1.807, 2.05) is 17.1 Å². The molecule has 1 aromatic rings. The van der Waals surface area contributed by atoms with E-state index in [0.29, 0.717) is 0 Å². The zero-order valence-electron chi connectivity index (χ0n) is 13.8. The van der Waals surface area contributed by atoms with Crippen LogP contribution in [0.5, 0.6) is 0 Å². The van der Waals surface area contributed by atoms with Gasteiger partial charge < -0.3 is 14.0 Å². The molecule has 2 aliphatic rings. The van der Waals surface area contributed by atoms with Gasteiger partial charge in [-0.15, -0.1) is 0 Å². The van der Waals surface area contributed by atoms with E-state index in [9.17, 15) is 0 Å². The number of ether oxygens (including phenoxy) is 1. The third-order valence-corrected chi connectivity index (χ3v) is 4.77. The molecule has 1 aromatic heterocycles. The van der Waals surface area contributed by atoms with Gasteiger partial charge in [0, 0.05) is 24.3 Å². The summed E-state index contributed by atoms with van der Waals surface area (Å²) >= 11 is 0. The number of aromatic nitrogens is 2. The first kappa shape index (κ1) is 15.1. The molecule has 0 saturated carbocycles. The summed E-state index contributed by atoms with van der Waals surface area (Å²) in [5.74, 6) is 0. The monoisotopic (exact) mass is 292 g/mol. The van der Waals surface area contributed by atoms with Crippen LogP contribution in [0, 0.1) is 0 Å². The fraction of sp³-hybridized carbons (Fsp3) is 0.800. The van der Waals surface area contributed by atoms with Crippen LogP contribution >= 0.6 is 0 Å². The van der Waals surface area contributed by atoms with Gasteiger partial charge in [0.1, 0.15) is 0 Å². The molecule has 0 amide bonds. The van der Waals surface area contributed by atoms with E-state index in [0.717, 1.165) is 18.4 Å². The Bertz CT molecular complexity index is 515. The van der Waals surface area contributed by atoms with Gasteiger partial charge in [-0.2, -0.15) is 5.10 Å². The Balaban J connectivity index is 1.64. The first-order valence-electron chi connectivity index (χ1n) is 7.64. The van der Waals surface area contributed by atoms with Gasteiger partial charge in [-0.25, -0.2) is 0 Å². The van der Waals surface area contributed by atoms with Crippen LogP contribution in [0.2, 0.25) is 0 Å². The van der Waals surface area contributed by atoms with Crippen molar-refractivity contribution < 1.29 is 14.0 Å². The molecule has 6 heteroatoms. The smallest absolute Gasteiger partial charge is 0.399 e. The summed E-state index contributed by atoms with van der Waals surface area (Å²) in [5, 5.41) is 4.40. The van der Waals surface area contributed by atoms with Gasteiger partial charge in [-0.3, -0.25) is 4.68 Å². The maximum absolute atomic E-state index is 6.04. The summed E-state index contributed by atoms with van der Waals surface area (Å²) in [4.78, 5) is 0. The molecule has 2 fully saturated rings. The molecule has 5 nitrogen and oxygen atoms in total.